The lowest BCUT2D eigenvalue weighted by atomic mass is 10.2. The molecule has 2 aromatic rings. The predicted molar refractivity (Wildman–Crippen MR) is 109 cm³/mol. The van der Waals surface area contributed by atoms with Crippen LogP contribution in [0.4, 0.5) is 10.8 Å². The van der Waals surface area contributed by atoms with Crippen LogP contribution in [-0.2, 0) is 6.54 Å². The Hall–Kier alpha value is -2.48. The Morgan fingerprint density at radius 2 is 2.08 bits per heavy atom. The second kappa shape index (κ2) is 9.86. The van der Waals surface area contributed by atoms with Gasteiger partial charge in [-0.3, -0.25) is 0 Å². The summed E-state index contributed by atoms with van der Waals surface area (Å²) in [5.41, 5.74) is 1.82. The quantitative estimate of drug-likeness (QED) is 0.544. The van der Waals surface area contributed by atoms with E-state index in [1.165, 1.54) is 0 Å². The fourth-order valence-electron chi connectivity index (χ4n) is 2.20. The molecule has 1 aromatic heterocycles. The Morgan fingerprint density at radius 3 is 2.69 bits per heavy atom. The molecule has 142 valence electrons. The first-order valence-electron chi connectivity index (χ1n) is 8.55. The molecule has 0 amide bonds. The smallest absolute Gasteiger partial charge is 0.196 e. The first-order valence-corrected chi connectivity index (χ1v) is 9.43. The van der Waals surface area contributed by atoms with Crippen LogP contribution in [0.2, 0.25) is 0 Å². The van der Waals surface area contributed by atoms with Crippen LogP contribution in [0.5, 0.6) is 11.5 Å². The van der Waals surface area contributed by atoms with E-state index in [0.717, 1.165) is 23.1 Å². The van der Waals surface area contributed by atoms with Gasteiger partial charge in [0.2, 0.25) is 0 Å². The van der Waals surface area contributed by atoms with Crippen molar-refractivity contribution < 1.29 is 9.47 Å². The SMILES string of the molecule is CCNC(=NCc1csc(N(C)C)n1)Nc1ccc(OC)c(OCC)c1. The number of ether oxygens (including phenoxy) is 2. The van der Waals surface area contributed by atoms with E-state index in [0.29, 0.717) is 30.6 Å². The molecule has 8 heteroatoms. The molecule has 0 saturated heterocycles. The largest absolute Gasteiger partial charge is 0.493 e. The Labute approximate surface area is 159 Å². The van der Waals surface area contributed by atoms with Gasteiger partial charge in [-0.15, -0.1) is 11.3 Å². The molecule has 0 unspecified atom stereocenters. The van der Waals surface area contributed by atoms with Crippen molar-refractivity contribution in [3.05, 3.63) is 29.3 Å². The van der Waals surface area contributed by atoms with Crippen LogP contribution in [0.1, 0.15) is 19.5 Å². The number of aliphatic imine (C=N–C) groups is 1. The number of thiazole rings is 1. The van der Waals surface area contributed by atoms with Gasteiger partial charge >= 0.3 is 0 Å². The zero-order valence-corrected chi connectivity index (χ0v) is 16.8. The van der Waals surface area contributed by atoms with Gasteiger partial charge in [-0.2, -0.15) is 0 Å². The van der Waals surface area contributed by atoms with Crippen LogP contribution in [0.25, 0.3) is 0 Å². The molecular formula is C18H27N5O2S. The van der Waals surface area contributed by atoms with Gasteiger partial charge in [-0.1, -0.05) is 0 Å². The van der Waals surface area contributed by atoms with E-state index in [4.69, 9.17) is 9.47 Å². The number of methoxy groups -OCH3 is 1. The molecule has 0 fully saturated rings. The Bertz CT molecular complexity index is 730. The number of guanidine groups is 1. The van der Waals surface area contributed by atoms with Gasteiger partial charge < -0.3 is 25.0 Å². The summed E-state index contributed by atoms with van der Waals surface area (Å²) in [5, 5.41) is 9.55. The molecule has 7 nitrogen and oxygen atoms in total. The molecule has 0 bridgehead atoms. The Kier molecular flexibility index (Phi) is 7.53. The van der Waals surface area contributed by atoms with E-state index >= 15 is 0 Å². The molecule has 2 N–H and O–H groups in total. The van der Waals surface area contributed by atoms with Crippen molar-refractivity contribution in [2.75, 3.05) is 44.6 Å². The van der Waals surface area contributed by atoms with Gasteiger partial charge in [0.1, 0.15) is 0 Å². The van der Waals surface area contributed by atoms with E-state index in [9.17, 15) is 0 Å². The van der Waals surface area contributed by atoms with Crippen LogP contribution in [0.3, 0.4) is 0 Å². The molecular weight excluding hydrogens is 350 g/mol. The summed E-state index contributed by atoms with van der Waals surface area (Å²) in [7, 11) is 5.60. The lowest BCUT2D eigenvalue weighted by Crippen LogP contribution is -2.30. The van der Waals surface area contributed by atoms with Crippen molar-refractivity contribution in [3.63, 3.8) is 0 Å². The maximum absolute atomic E-state index is 5.63. The highest BCUT2D eigenvalue weighted by molar-refractivity contribution is 7.13. The number of anilines is 2. The summed E-state index contributed by atoms with van der Waals surface area (Å²) in [6.45, 7) is 5.82. The predicted octanol–water partition coefficient (Wildman–Crippen LogP) is 3.19. The molecule has 0 aliphatic rings. The summed E-state index contributed by atoms with van der Waals surface area (Å²) in [6, 6.07) is 5.71. The van der Waals surface area contributed by atoms with Crippen LogP contribution < -0.4 is 25.0 Å². The molecule has 0 atom stereocenters. The molecule has 2 rings (SSSR count). The van der Waals surface area contributed by atoms with Gasteiger partial charge in [0.15, 0.2) is 22.6 Å². The number of nitrogens with one attached hydrogen (secondary N) is 2. The Morgan fingerprint density at radius 1 is 1.27 bits per heavy atom. The summed E-state index contributed by atoms with van der Waals surface area (Å²) in [6.07, 6.45) is 0. The third-order valence-corrected chi connectivity index (χ3v) is 4.45. The van der Waals surface area contributed by atoms with Crippen LogP contribution in [-0.4, -0.2) is 45.3 Å². The van der Waals surface area contributed by atoms with Gasteiger partial charge in [-0.25, -0.2) is 9.98 Å². The first kappa shape index (κ1) is 19.8. The lowest BCUT2D eigenvalue weighted by molar-refractivity contribution is 0.311. The summed E-state index contributed by atoms with van der Waals surface area (Å²) >= 11 is 1.61. The van der Waals surface area contributed by atoms with Crippen molar-refractivity contribution >= 4 is 28.1 Å². The zero-order valence-electron chi connectivity index (χ0n) is 16.0. The Balaban J connectivity index is 2.12. The fourth-order valence-corrected chi connectivity index (χ4v) is 2.95. The topological polar surface area (TPSA) is 71.0 Å². The fraction of sp³-hybridized carbons (Fsp3) is 0.444. The van der Waals surface area contributed by atoms with E-state index < -0.39 is 0 Å². The zero-order chi connectivity index (χ0) is 18.9. The third kappa shape index (κ3) is 5.52. The molecule has 0 aliphatic heterocycles. The second-order valence-electron chi connectivity index (χ2n) is 5.63. The number of rotatable bonds is 8. The van der Waals surface area contributed by atoms with Crippen molar-refractivity contribution in [2.24, 2.45) is 4.99 Å². The maximum Gasteiger partial charge on any atom is 0.196 e. The highest BCUT2D eigenvalue weighted by atomic mass is 32.1. The highest BCUT2D eigenvalue weighted by Crippen LogP contribution is 2.30. The standard InChI is InChI=1S/C18H27N5O2S/c1-6-19-17(20-11-14-12-26-18(22-14)23(3)4)21-13-8-9-15(24-5)16(10-13)25-7-2/h8-10,12H,6-7,11H2,1-5H3,(H2,19,20,21). The van der Waals surface area contributed by atoms with Gasteiger partial charge in [0.25, 0.3) is 0 Å². The van der Waals surface area contributed by atoms with Gasteiger partial charge in [0, 0.05) is 37.8 Å². The average Bonchev–Trinajstić information content (AvgIpc) is 3.10. The summed E-state index contributed by atoms with van der Waals surface area (Å²) in [4.78, 5) is 11.2. The molecule has 0 radical (unpaired) electrons. The minimum absolute atomic E-state index is 0.508. The molecule has 0 aliphatic carbocycles. The van der Waals surface area contributed by atoms with Gasteiger partial charge in [-0.05, 0) is 26.0 Å². The summed E-state index contributed by atoms with van der Waals surface area (Å²) in [5.74, 6) is 2.10. The molecule has 0 saturated carbocycles. The average molecular weight is 378 g/mol. The number of benzene rings is 1. The van der Waals surface area contributed by atoms with E-state index in [-0.39, 0.29) is 0 Å². The normalized spacial score (nSPS) is 11.2. The molecule has 26 heavy (non-hydrogen) atoms. The number of hydrogen-bond acceptors (Lipinski definition) is 6. The third-order valence-electron chi connectivity index (χ3n) is 3.39. The van der Waals surface area contributed by atoms with Crippen molar-refractivity contribution in [1.29, 1.82) is 0 Å². The molecule has 1 aromatic carbocycles. The second-order valence-corrected chi connectivity index (χ2v) is 6.47. The van der Waals surface area contributed by atoms with Crippen LogP contribution in [0, 0.1) is 0 Å². The van der Waals surface area contributed by atoms with E-state index in [1.807, 2.05) is 56.4 Å². The first-order chi connectivity index (χ1) is 12.6. The van der Waals surface area contributed by atoms with Crippen LogP contribution >= 0.6 is 11.3 Å². The van der Waals surface area contributed by atoms with E-state index in [2.05, 4.69) is 20.6 Å². The molecule has 0 spiro atoms. The number of hydrogen-bond donors (Lipinski definition) is 2. The monoisotopic (exact) mass is 377 g/mol. The van der Waals surface area contributed by atoms with Gasteiger partial charge in [0.05, 0.1) is 26.0 Å². The van der Waals surface area contributed by atoms with Crippen molar-refractivity contribution in [3.8, 4) is 11.5 Å². The maximum atomic E-state index is 5.63. The summed E-state index contributed by atoms with van der Waals surface area (Å²) < 4.78 is 10.9. The minimum atomic E-state index is 0.508. The minimum Gasteiger partial charge on any atom is -0.493 e. The number of aromatic nitrogens is 1. The van der Waals surface area contributed by atoms with E-state index in [1.54, 1.807) is 18.4 Å². The highest BCUT2D eigenvalue weighted by Gasteiger charge is 2.08. The van der Waals surface area contributed by atoms with Crippen LogP contribution in [0.15, 0.2) is 28.6 Å². The van der Waals surface area contributed by atoms with Crippen molar-refractivity contribution in [2.45, 2.75) is 20.4 Å². The lowest BCUT2D eigenvalue weighted by Gasteiger charge is -2.14. The van der Waals surface area contributed by atoms with Crippen molar-refractivity contribution in [1.82, 2.24) is 10.3 Å². The number of nitrogens with zero attached hydrogens (tertiary/aromatic N) is 3. The molecule has 1 heterocycles.